The molecular weight excluding hydrogens is 365 g/mol. The predicted molar refractivity (Wildman–Crippen MR) is 75.8 cm³/mol. The number of nitrogens with one attached hydrogen (secondary N) is 1. The molecule has 0 aliphatic heterocycles. The predicted octanol–water partition coefficient (Wildman–Crippen LogP) is 3.07. The van der Waals surface area contributed by atoms with Crippen molar-refractivity contribution >= 4 is 49.2 Å². The van der Waals surface area contributed by atoms with Crippen LogP contribution < -0.4 is 4.72 Å². The summed E-state index contributed by atoms with van der Waals surface area (Å²) >= 11 is 15.0. The Bertz CT molecular complexity index is 499. The Morgan fingerprint density at radius 1 is 1.33 bits per heavy atom. The Balaban J connectivity index is 2.92. The first-order valence-corrected chi connectivity index (χ1v) is 8.13. The van der Waals surface area contributed by atoms with Gasteiger partial charge < -0.3 is 4.74 Å². The van der Waals surface area contributed by atoms with Gasteiger partial charge >= 0.3 is 0 Å². The molecule has 1 N–H and O–H groups in total. The second-order valence-corrected chi connectivity index (χ2v) is 6.73. The Morgan fingerprint density at radius 3 is 2.39 bits per heavy atom. The van der Waals surface area contributed by atoms with Crippen LogP contribution in [0.3, 0.4) is 0 Å². The molecule has 0 amide bonds. The minimum absolute atomic E-state index is 0.0679. The Kier molecular flexibility index (Phi) is 6.37. The highest BCUT2D eigenvalue weighted by Crippen LogP contribution is 2.32. The second-order valence-electron chi connectivity index (χ2n) is 3.29. The Hall–Kier alpha value is 0.150. The van der Waals surface area contributed by atoms with Crippen molar-refractivity contribution in [1.82, 2.24) is 4.72 Å². The molecule has 0 unspecified atom stereocenters. The van der Waals surface area contributed by atoms with Gasteiger partial charge in [-0.25, -0.2) is 13.1 Å². The lowest BCUT2D eigenvalue weighted by Crippen LogP contribution is -2.28. The molecule has 0 saturated heterocycles. The van der Waals surface area contributed by atoms with E-state index < -0.39 is 10.0 Å². The van der Waals surface area contributed by atoms with Gasteiger partial charge in [-0.15, -0.1) is 0 Å². The summed E-state index contributed by atoms with van der Waals surface area (Å²) in [6, 6.07) is 2.95. The molecule has 0 aromatic heterocycles. The fourth-order valence-electron chi connectivity index (χ4n) is 1.25. The van der Waals surface area contributed by atoms with Crippen molar-refractivity contribution in [2.45, 2.75) is 11.8 Å². The normalized spacial score (nSPS) is 11.8. The average Bonchev–Trinajstić information content (AvgIpc) is 2.22. The highest BCUT2D eigenvalue weighted by molar-refractivity contribution is 9.10. The standard InChI is InChI=1S/C10H12BrCl2NO3S/c1-2-17-4-3-14-18(15,16)10-8(12)5-7(11)6-9(10)13/h5-6,14H,2-4H2,1H3. The third kappa shape index (κ3) is 4.36. The topological polar surface area (TPSA) is 55.4 Å². The van der Waals surface area contributed by atoms with E-state index in [1.165, 1.54) is 12.1 Å². The van der Waals surface area contributed by atoms with Gasteiger partial charge in [-0.1, -0.05) is 39.1 Å². The number of ether oxygens (including phenoxy) is 1. The van der Waals surface area contributed by atoms with Crippen molar-refractivity contribution in [3.05, 3.63) is 26.7 Å². The first kappa shape index (κ1) is 16.2. The zero-order valence-electron chi connectivity index (χ0n) is 9.54. The maximum atomic E-state index is 12.0. The average molecular weight is 377 g/mol. The molecule has 1 aromatic rings. The SMILES string of the molecule is CCOCCNS(=O)(=O)c1c(Cl)cc(Br)cc1Cl. The minimum atomic E-state index is -3.73. The quantitative estimate of drug-likeness (QED) is 0.776. The van der Waals surface area contributed by atoms with Gasteiger partial charge in [0.15, 0.2) is 0 Å². The largest absolute Gasteiger partial charge is 0.380 e. The summed E-state index contributed by atoms with van der Waals surface area (Å²) in [5.74, 6) is 0. The van der Waals surface area contributed by atoms with Gasteiger partial charge in [-0.2, -0.15) is 0 Å². The van der Waals surface area contributed by atoms with E-state index in [1.807, 2.05) is 6.92 Å². The fourth-order valence-corrected chi connectivity index (χ4v) is 4.20. The number of halogens is 3. The molecule has 0 radical (unpaired) electrons. The van der Waals surface area contributed by atoms with Crippen LogP contribution in [-0.4, -0.2) is 28.2 Å². The van der Waals surface area contributed by atoms with E-state index in [2.05, 4.69) is 20.7 Å². The highest BCUT2D eigenvalue weighted by atomic mass is 79.9. The van der Waals surface area contributed by atoms with E-state index in [-0.39, 0.29) is 21.5 Å². The van der Waals surface area contributed by atoms with Crippen LogP contribution in [-0.2, 0) is 14.8 Å². The molecule has 102 valence electrons. The van der Waals surface area contributed by atoms with Crippen LogP contribution in [0.5, 0.6) is 0 Å². The van der Waals surface area contributed by atoms with Crippen LogP contribution in [0, 0.1) is 0 Å². The van der Waals surface area contributed by atoms with Gasteiger partial charge in [0.25, 0.3) is 0 Å². The molecule has 0 aliphatic carbocycles. The summed E-state index contributed by atoms with van der Waals surface area (Å²) in [7, 11) is -3.73. The second kappa shape index (κ2) is 7.07. The lowest BCUT2D eigenvalue weighted by molar-refractivity contribution is 0.153. The summed E-state index contributed by atoms with van der Waals surface area (Å²) in [4.78, 5) is -0.120. The molecule has 0 aliphatic rings. The fraction of sp³-hybridized carbons (Fsp3) is 0.400. The first-order valence-electron chi connectivity index (χ1n) is 5.10. The number of hydrogen-bond donors (Lipinski definition) is 1. The van der Waals surface area contributed by atoms with Crippen LogP contribution in [0.2, 0.25) is 10.0 Å². The van der Waals surface area contributed by atoms with Crippen LogP contribution in [0.15, 0.2) is 21.5 Å². The molecule has 1 rings (SSSR count). The van der Waals surface area contributed by atoms with Crippen LogP contribution >= 0.6 is 39.1 Å². The van der Waals surface area contributed by atoms with E-state index in [0.717, 1.165) is 0 Å². The lowest BCUT2D eigenvalue weighted by Gasteiger charge is -2.10. The zero-order valence-corrected chi connectivity index (χ0v) is 13.5. The summed E-state index contributed by atoms with van der Waals surface area (Å²) in [5, 5.41) is 0.136. The van der Waals surface area contributed by atoms with Gasteiger partial charge in [0.05, 0.1) is 16.7 Å². The van der Waals surface area contributed by atoms with Crippen LogP contribution in [0.4, 0.5) is 0 Å². The molecule has 0 saturated carbocycles. The summed E-state index contributed by atoms with van der Waals surface area (Å²) in [6.45, 7) is 2.82. The monoisotopic (exact) mass is 375 g/mol. The van der Waals surface area contributed by atoms with E-state index in [4.69, 9.17) is 27.9 Å². The third-order valence-electron chi connectivity index (χ3n) is 1.97. The molecule has 1 aromatic carbocycles. The molecule has 0 spiro atoms. The van der Waals surface area contributed by atoms with Crippen LogP contribution in [0.25, 0.3) is 0 Å². The smallest absolute Gasteiger partial charge is 0.243 e. The van der Waals surface area contributed by atoms with Crippen molar-refractivity contribution < 1.29 is 13.2 Å². The highest BCUT2D eigenvalue weighted by Gasteiger charge is 2.21. The van der Waals surface area contributed by atoms with Gasteiger partial charge in [0.1, 0.15) is 4.90 Å². The van der Waals surface area contributed by atoms with Crippen molar-refractivity contribution in [1.29, 1.82) is 0 Å². The first-order chi connectivity index (χ1) is 8.38. The lowest BCUT2D eigenvalue weighted by atomic mass is 10.4. The van der Waals surface area contributed by atoms with Crippen LogP contribution in [0.1, 0.15) is 6.92 Å². The van der Waals surface area contributed by atoms with Gasteiger partial charge in [0.2, 0.25) is 10.0 Å². The van der Waals surface area contributed by atoms with Crippen molar-refractivity contribution in [3.63, 3.8) is 0 Å². The number of benzene rings is 1. The van der Waals surface area contributed by atoms with Crippen molar-refractivity contribution in [3.8, 4) is 0 Å². The van der Waals surface area contributed by atoms with E-state index >= 15 is 0 Å². The zero-order chi connectivity index (χ0) is 13.8. The maximum Gasteiger partial charge on any atom is 0.243 e. The summed E-state index contributed by atoms with van der Waals surface area (Å²) in [6.07, 6.45) is 0. The number of hydrogen-bond acceptors (Lipinski definition) is 3. The minimum Gasteiger partial charge on any atom is -0.380 e. The van der Waals surface area contributed by atoms with E-state index in [1.54, 1.807) is 0 Å². The number of sulfonamides is 1. The molecule has 0 atom stereocenters. The molecule has 0 heterocycles. The molecular formula is C10H12BrCl2NO3S. The van der Waals surface area contributed by atoms with Crippen molar-refractivity contribution in [2.75, 3.05) is 19.8 Å². The molecule has 18 heavy (non-hydrogen) atoms. The number of rotatable bonds is 6. The summed E-state index contributed by atoms with van der Waals surface area (Å²) in [5.41, 5.74) is 0. The molecule has 8 heteroatoms. The Morgan fingerprint density at radius 2 is 1.89 bits per heavy atom. The van der Waals surface area contributed by atoms with E-state index in [9.17, 15) is 8.42 Å². The third-order valence-corrected chi connectivity index (χ3v) is 4.81. The van der Waals surface area contributed by atoms with Gasteiger partial charge in [-0.05, 0) is 19.1 Å². The summed E-state index contributed by atoms with van der Waals surface area (Å²) < 4.78 is 32.0. The Labute approximate surface area is 125 Å². The van der Waals surface area contributed by atoms with Gasteiger partial charge in [-0.3, -0.25) is 0 Å². The maximum absolute atomic E-state index is 12.0. The van der Waals surface area contributed by atoms with Gasteiger partial charge in [0, 0.05) is 17.6 Å². The molecule has 0 fully saturated rings. The van der Waals surface area contributed by atoms with Crippen molar-refractivity contribution in [2.24, 2.45) is 0 Å². The van der Waals surface area contributed by atoms with E-state index in [0.29, 0.717) is 17.7 Å². The molecule has 4 nitrogen and oxygen atoms in total. The molecule has 0 bridgehead atoms.